The summed E-state index contributed by atoms with van der Waals surface area (Å²) in [6, 6.07) is 6.31. The van der Waals surface area contributed by atoms with Crippen LogP contribution in [0.3, 0.4) is 0 Å². The number of thiophene rings is 1. The minimum atomic E-state index is 0.825. The number of halogens is 1. The fourth-order valence-corrected chi connectivity index (χ4v) is 4.77. The van der Waals surface area contributed by atoms with Crippen LogP contribution in [0.5, 0.6) is 5.75 Å². The number of rotatable bonds is 8. The second-order valence-electron chi connectivity index (χ2n) is 6.02. The van der Waals surface area contributed by atoms with Gasteiger partial charge < -0.3 is 9.64 Å². The molecule has 0 unspecified atom stereocenters. The third-order valence-electron chi connectivity index (χ3n) is 4.34. The molecule has 0 bridgehead atoms. The lowest BCUT2D eigenvalue weighted by Crippen LogP contribution is -2.20. The van der Waals surface area contributed by atoms with E-state index in [1.807, 2.05) is 0 Å². The summed E-state index contributed by atoms with van der Waals surface area (Å²) in [5.74, 6) is 1.02. The fourth-order valence-electron chi connectivity index (χ4n) is 3.12. The van der Waals surface area contributed by atoms with E-state index in [1.165, 1.54) is 61.8 Å². The summed E-state index contributed by atoms with van der Waals surface area (Å²) in [7, 11) is 0. The molecule has 1 fully saturated rings. The number of unbranched alkanes of at least 4 members (excludes halogenated alkanes) is 3. The van der Waals surface area contributed by atoms with E-state index in [0.29, 0.717) is 0 Å². The minimum absolute atomic E-state index is 0.825. The largest absolute Gasteiger partial charge is 0.493 e. The van der Waals surface area contributed by atoms with Crippen molar-refractivity contribution in [1.82, 2.24) is 4.90 Å². The highest BCUT2D eigenvalue weighted by molar-refractivity contribution is 9.10. The van der Waals surface area contributed by atoms with Crippen LogP contribution in [0.4, 0.5) is 0 Å². The SMILES string of the molecule is Brc1csc2cccc(OCCCCCCN3CCCC3)c12. The van der Waals surface area contributed by atoms with Crippen molar-refractivity contribution in [2.24, 2.45) is 0 Å². The lowest BCUT2D eigenvalue weighted by Gasteiger charge is -2.13. The van der Waals surface area contributed by atoms with Gasteiger partial charge in [-0.1, -0.05) is 18.9 Å². The maximum Gasteiger partial charge on any atom is 0.129 e. The quantitative estimate of drug-likeness (QED) is 0.543. The first-order valence-corrected chi connectivity index (χ1v) is 10.0. The van der Waals surface area contributed by atoms with Gasteiger partial charge in [0.2, 0.25) is 0 Å². The molecule has 0 amide bonds. The highest BCUT2D eigenvalue weighted by atomic mass is 79.9. The maximum atomic E-state index is 6.00. The van der Waals surface area contributed by atoms with E-state index in [9.17, 15) is 0 Å². The van der Waals surface area contributed by atoms with E-state index < -0.39 is 0 Å². The number of benzene rings is 1. The Bertz CT molecular complexity index is 592. The van der Waals surface area contributed by atoms with Crippen LogP contribution in [-0.4, -0.2) is 31.1 Å². The number of hydrogen-bond donors (Lipinski definition) is 0. The van der Waals surface area contributed by atoms with Crippen LogP contribution in [0.15, 0.2) is 28.1 Å². The van der Waals surface area contributed by atoms with Gasteiger partial charge in [-0.05, 0) is 73.4 Å². The zero-order chi connectivity index (χ0) is 15.2. The Balaban J connectivity index is 1.35. The number of ether oxygens (including phenoxy) is 1. The number of nitrogens with zero attached hydrogens (tertiary/aromatic N) is 1. The van der Waals surface area contributed by atoms with Gasteiger partial charge in [0.15, 0.2) is 0 Å². The van der Waals surface area contributed by atoms with Crippen LogP contribution in [-0.2, 0) is 0 Å². The van der Waals surface area contributed by atoms with E-state index in [1.54, 1.807) is 11.3 Å². The fraction of sp³-hybridized carbons (Fsp3) is 0.556. The Morgan fingerprint density at radius 2 is 1.91 bits per heavy atom. The molecule has 22 heavy (non-hydrogen) atoms. The molecule has 1 aromatic heterocycles. The Kier molecular flexibility index (Phi) is 6.16. The lowest BCUT2D eigenvalue weighted by molar-refractivity contribution is 0.299. The normalized spacial score (nSPS) is 15.7. The van der Waals surface area contributed by atoms with Crippen molar-refractivity contribution in [2.75, 3.05) is 26.2 Å². The van der Waals surface area contributed by atoms with Crippen molar-refractivity contribution < 1.29 is 4.74 Å². The third-order valence-corrected chi connectivity index (χ3v) is 6.22. The summed E-state index contributed by atoms with van der Waals surface area (Å²) >= 11 is 5.38. The Hall–Kier alpha value is -0.580. The van der Waals surface area contributed by atoms with Crippen LogP contribution in [0.25, 0.3) is 10.1 Å². The van der Waals surface area contributed by atoms with Gasteiger partial charge in [-0.2, -0.15) is 0 Å². The van der Waals surface area contributed by atoms with E-state index in [4.69, 9.17) is 4.74 Å². The van der Waals surface area contributed by atoms with E-state index in [0.717, 1.165) is 23.2 Å². The molecule has 3 rings (SSSR count). The van der Waals surface area contributed by atoms with Crippen LogP contribution >= 0.6 is 27.3 Å². The molecule has 1 saturated heterocycles. The molecule has 120 valence electrons. The van der Waals surface area contributed by atoms with Crippen molar-refractivity contribution in [1.29, 1.82) is 0 Å². The summed E-state index contributed by atoms with van der Waals surface area (Å²) in [6.45, 7) is 4.76. The molecule has 2 nitrogen and oxygen atoms in total. The van der Waals surface area contributed by atoms with Gasteiger partial charge in [0, 0.05) is 19.9 Å². The van der Waals surface area contributed by atoms with Gasteiger partial charge >= 0.3 is 0 Å². The zero-order valence-corrected chi connectivity index (χ0v) is 15.4. The number of hydrogen-bond acceptors (Lipinski definition) is 3. The highest BCUT2D eigenvalue weighted by Crippen LogP contribution is 2.37. The first-order chi connectivity index (χ1) is 10.8. The maximum absolute atomic E-state index is 6.00. The lowest BCUT2D eigenvalue weighted by atomic mass is 10.2. The van der Waals surface area contributed by atoms with Gasteiger partial charge in [-0.25, -0.2) is 0 Å². The molecule has 1 aromatic carbocycles. The molecule has 2 aromatic rings. The van der Waals surface area contributed by atoms with Gasteiger partial charge in [0.25, 0.3) is 0 Å². The smallest absolute Gasteiger partial charge is 0.129 e. The van der Waals surface area contributed by atoms with Crippen LogP contribution in [0.1, 0.15) is 38.5 Å². The van der Waals surface area contributed by atoms with Crippen molar-refractivity contribution in [3.63, 3.8) is 0 Å². The molecular formula is C18H24BrNOS. The third kappa shape index (κ3) is 4.24. The van der Waals surface area contributed by atoms with Gasteiger partial charge in [-0.3, -0.25) is 0 Å². The number of likely N-dealkylation sites (tertiary alicyclic amines) is 1. The molecule has 1 aliphatic heterocycles. The van der Waals surface area contributed by atoms with E-state index >= 15 is 0 Å². The van der Waals surface area contributed by atoms with E-state index in [-0.39, 0.29) is 0 Å². The average Bonchev–Trinajstić information content (AvgIpc) is 3.17. The average molecular weight is 382 g/mol. The molecular weight excluding hydrogens is 358 g/mol. The van der Waals surface area contributed by atoms with E-state index in [2.05, 4.69) is 44.4 Å². The molecule has 0 aliphatic carbocycles. The van der Waals surface area contributed by atoms with Crippen molar-refractivity contribution in [3.8, 4) is 5.75 Å². The summed E-state index contributed by atoms with van der Waals surface area (Å²) in [4.78, 5) is 2.60. The van der Waals surface area contributed by atoms with Gasteiger partial charge in [0.1, 0.15) is 5.75 Å². The second-order valence-corrected chi connectivity index (χ2v) is 7.79. The minimum Gasteiger partial charge on any atom is -0.493 e. The molecule has 4 heteroatoms. The highest BCUT2D eigenvalue weighted by Gasteiger charge is 2.10. The molecule has 1 aliphatic rings. The summed E-state index contributed by atoms with van der Waals surface area (Å²) < 4.78 is 8.44. The molecule has 0 spiro atoms. The Morgan fingerprint density at radius 1 is 1.09 bits per heavy atom. The topological polar surface area (TPSA) is 12.5 Å². The monoisotopic (exact) mass is 381 g/mol. The van der Waals surface area contributed by atoms with Crippen LogP contribution < -0.4 is 4.74 Å². The molecule has 0 atom stereocenters. The predicted octanol–water partition coefficient (Wildman–Crippen LogP) is 5.70. The summed E-state index contributed by atoms with van der Waals surface area (Å²) in [6.07, 6.45) is 7.89. The van der Waals surface area contributed by atoms with Crippen molar-refractivity contribution in [2.45, 2.75) is 38.5 Å². The Morgan fingerprint density at radius 3 is 2.77 bits per heavy atom. The van der Waals surface area contributed by atoms with Crippen molar-refractivity contribution >= 4 is 37.4 Å². The van der Waals surface area contributed by atoms with Crippen LogP contribution in [0, 0.1) is 0 Å². The first-order valence-electron chi connectivity index (χ1n) is 8.35. The molecule has 0 N–H and O–H groups in total. The first kappa shape index (κ1) is 16.3. The van der Waals surface area contributed by atoms with Gasteiger partial charge in [-0.15, -0.1) is 11.3 Å². The zero-order valence-electron chi connectivity index (χ0n) is 13.0. The summed E-state index contributed by atoms with van der Waals surface area (Å²) in [5.41, 5.74) is 0. The predicted molar refractivity (Wildman–Crippen MR) is 99.2 cm³/mol. The molecule has 0 saturated carbocycles. The number of fused-ring (bicyclic) bond motifs is 1. The van der Waals surface area contributed by atoms with Gasteiger partial charge in [0.05, 0.1) is 6.61 Å². The standard InChI is InChI=1S/C18H24BrNOS/c19-15-14-22-17-9-7-8-16(18(15)17)21-13-6-2-1-3-10-20-11-4-5-12-20/h7-9,14H,1-6,10-13H2. The molecule has 2 heterocycles. The Labute approximate surface area is 145 Å². The summed E-state index contributed by atoms with van der Waals surface area (Å²) in [5, 5.41) is 3.36. The second kappa shape index (κ2) is 8.32. The van der Waals surface area contributed by atoms with Crippen molar-refractivity contribution in [3.05, 3.63) is 28.1 Å². The molecule has 0 radical (unpaired) electrons. The van der Waals surface area contributed by atoms with Crippen LogP contribution in [0.2, 0.25) is 0 Å².